The van der Waals surface area contributed by atoms with Gasteiger partial charge in [-0.05, 0) is 47.8 Å². The van der Waals surface area contributed by atoms with E-state index in [2.05, 4.69) is 20.9 Å². The summed E-state index contributed by atoms with van der Waals surface area (Å²) in [4.78, 5) is 4.03. The molecule has 0 unspecified atom stereocenters. The van der Waals surface area contributed by atoms with Crippen molar-refractivity contribution in [1.82, 2.24) is 4.98 Å². The first-order valence-electron chi connectivity index (χ1n) is 3.97. The van der Waals surface area contributed by atoms with E-state index in [-0.39, 0.29) is 5.54 Å². The van der Waals surface area contributed by atoms with Crippen LogP contribution in [0.4, 0.5) is 0 Å². The van der Waals surface area contributed by atoms with E-state index in [1.807, 2.05) is 19.9 Å². The molecule has 0 spiro atoms. The summed E-state index contributed by atoms with van der Waals surface area (Å²) in [5.74, 6) is 0. The van der Waals surface area contributed by atoms with Gasteiger partial charge in [-0.3, -0.25) is 0 Å². The van der Waals surface area contributed by atoms with Crippen LogP contribution >= 0.6 is 27.5 Å². The summed E-state index contributed by atoms with van der Waals surface area (Å²) < 4.78 is 0.927. The Balaban J connectivity index is 2.94. The molecule has 2 N–H and O–H groups in total. The highest BCUT2D eigenvalue weighted by molar-refractivity contribution is 9.10. The molecule has 0 aliphatic carbocycles. The highest BCUT2D eigenvalue weighted by Crippen LogP contribution is 2.21. The fraction of sp³-hybridized carbons (Fsp3) is 0.444. The normalized spacial score (nSPS) is 11.8. The number of nitrogens with two attached hydrogens (primary N) is 1. The summed E-state index contributed by atoms with van der Waals surface area (Å²) in [5.41, 5.74) is 6.60. The zero-order valence-corrected chi connectivity index (χ0v) is 9.98. The zero-order valence-electron chi connectivity index (χ0n) is 7.64. The van der Waals surface area contributed by atoms with Crippen molar-refractivity contribution in [3.8, 4) is 0 Å². The molecule has 1 heterocycles. The Morgan fingerprint density at radius 3 is 2.77 bits per heavy atom. The van der Waals surface area contributed by atoms with Crippen LogP contribution in [0, 0.1) is 0 Å². The first kappa shape index (κ1) is 11.0. The number of aromatic nitrogens is 1. The maximum atomic E-state index is 5.91. The summed E-state index contributed by atoms with van der Waals surface area (Å²) in [7, 11) is 0. The second-order valence-electron chi connectivity index (χ2n) is 3.77. The molecule has 1 rings (SSSR count). The van der Waals surface area contributed by atoms with Gasteiger partial charge < -0.3 is 5.73 Å². The van der Waals surface area contributed by atoms with Crippen LogP contribution in [0.3, 0.4) is 0 Å². The fourth-order valence-corrected chi connectivity index (χ4v) is 1.63. The second-order valence-corrected chi connectivity index (χ2v) is 5.04. The third kappa shape index (κ3) is 3.63. The van der Waals surface area contributed by atoms with Crippen LogP contribution in [0.15, 0.2) is 16.7 Å². The van der Waals surface area contributed by atoms with Gasteiger partial charge in [0, 0.05) is 16.2 Å². The van der Waals surface area contributed by atoms with E-state index in [0.717, 1.165) is 16.5 Å². The van der Waals surface area contributed by atoms with Crippen LogP contribution in [0.2, 0.25) is 5.15 Å². The number of hydrogen-bond donors (Lipinski definition) is 1. The van der Waals surface area contributed by atoms with Crippen LogP contribution < -0.4 is 5.73 Å². The van der Waals surface area contributed by atoms with Crippen molar-refractivity contribution in [2.75, 3.05) is 0 Å². The first-order chi connectivity index (χ1) is 5.88. The lowest BCUT2D eigenvalue weighted by Crippen LogP contribution is -2.34. The quantitative estimate of drug-likeness (QED) is 0.833. The molecular weight excluding hydrogens is 251 g/mol. The Morgan fingerprint density at radius 2 is 2.23 bits per heavy atom. The minimum absolute atomic E-state index is 0.258. The Hall–Kier alpha value is -0.120. The van der Waals surface area contributed by atoms with Crippen molar-refractivity contribution in [3.05, 3.63) is 27.5 Å². The van der Waals surface area contributed by atoms with Gasteiger partial charge in [-0.1, -0.05) is 11.6 Å². The SMILES string of the molecule is CC(C)(N)Cc1cc(Br)cnc1Cl. The molecule has 0 fully saturated rings. The van der Waals surface area contributed by atoms with E-state index in [9.17, 15) is 0 Å². The summed E-state index contributed by atoms with van der Waals surface area (Å²) in [6.45, 7) is 3.93. The van der Waals surface area contributed by atoms with E-state index in [4.69, 9.17) is 17.3 Å². The van der Waals surface area contributed by atoms with Crippen LogP contribution in [0.25, 0.3) is 0 Å². The third-order valence-corrected chi connectivity index (χ3v) is 2.30. The topological polar surface area (TPSA) is 38.9 Å². The standard InChI is InChI=1S/C9H12BrClN2/c1-9(2,12)4-6-3-7(10)5-13-8(6)11/h3,5H,4,12H2,1-2H3. The number of halogens is 2. The average Bonchev–Trinajstić information content (AvgIpc) is 1.94. The summed E-state index contributed by atoms with van der Waals surface area (Å²) >= 11 is 9.26. The molecule has 2 nitrogen and oxygen atoms in total. The maximum absolute atomic E-state index is 5.91. The smallest absolute Gasteiger partial charge is 0.132 e. The number of hydrogen-bond acceptors (Lipinski definition) is 2. The van der Waals surface area contributed by atoms with E-state index in [1.54, 1.807) is 6.20 Å². The van der Waals surface area contributed by atoms with Crippen LogP contribution in [0.1, 0.15) is 19.4 Å². The molecule has 0 bridgehead atoms. The number of pyridine rings is 1. The molecule has 0 atom stereocenters. The minimum atomic E-state index is -0.258. The van der Waals surface area contributed by atoms with E-state index in [0.29, 0.717) is 5.15 Å². The Morgan fingerprint density at radius 1 is 1.62 bits per heavy atom. The monoisotopic (exact) mass is 262 g/mol. The van der Waals surface area contributed by atoms with Crippen molar-refractivity contribution in [2.24, 2.45) is 5.73 Å². The Kier molecular flexibility index (Phi) is 3.33. The third-order valence-electron chi connectivity index (χ3n) is 1.52. The molecular formula is C9H12BrClN2. The molecule has 0 saturated heterocycles. The van der Waals surface area contributed by atoms with Crippen molar-refractivity contribution in [1.29, 1.82) is 0 Å². The lowest BCUT2D eigenvalue weighted by Gasteiger charge is -2.18. The zero-order chi connectivity index (χ0) is 10.1. The van der Waals surface area contributed by atoms with Crippen LogP contribution in [0.5, 0.6) is 0 Å². The molecule has 0 aromatic carbocycles. The molecule has 72 valence electrons. The van der Waals surface area contributed by atoms with Crippen molar-refractivity contribution in [3.63, 3.8) is 0 Å². The van der Waals surface area contributed by atoms with Gasteiger partial charge in [0.05, 0.1) is 0 Å². The van der Waals surface area contributed by atoms with Crippen molar-refractivity contribution >= 4 is 27.5 Å². The summed E-state index contributed by atoms with van der Waals surface area (Å²) in [6.07, 6.45) is 2.40. The molecule has 0 saturated carbocycles. The molecule has 0 amide bonds. The van der Waals surface area contributed by atoms with Crippen molar-refractivity contribution in [2.45, 2.75) is 25.8 Å². The average molecular weight is 264 g/mol. The van der Waals surface area contributed by atoms with Gasteiger partial charge in [0.2, 0.25) is 0 Å². The van der Waals surface area contributed by atoms with Gasteiger partial charge >= 0.3 is 0 Å². The van der Waals surface area contributed by atoms with Crippen molar-refractivity contribution < 1.29 is 0 Å². The molecule has 1 aromatic rings. The highest BCUT2D eigenvalue weighted by atomic mass is 79.9. The molecule has 13 heavy (non-hydrogen) atoms. The molecule has 0 aliphatic rings. The van der Waals surface area contributed by atoms with Gasteiger partial charge in [0.1, 0.15) is 5.15 Å². The predicted molar refractivity (Wildman–Crippen MR) is 58.9 cm³/mol. The largest absolute Gasteiger partial charge is 0.325 e. The summed E-state index contributed by atoms with van der Waals surface area (Å²) in [5, 5.41) is 0.529. The second kappa shape index (κ2) is 3.95. The lowest BCUT2D eigenvalue weighted by atomic mass is 9.97. The van der Waals surface area contributed by atoms with Gasteiger partial charge in [0.15, 0.2) is 0 Å². The summed E-state index contributed by atoms with van der Waals surface area (Å²) in [6, 6.07) is 1.95. The van der Waals surface area contributed by atoms with E-state index in [1.165, 1.54) is 0 Å². The Bertz CT molecular complexity index is 307. The molecule has 0 radical (unpaired) electrons. The van der Waals surface area contributed by atoms with Gasteiger partial charge in [-0.2, -0.15) is 0 Å². The van der Waals surface area contributed by atoms with E-state index < -0.39 is 0 Å². The van der Waals surface area contributed by atoms with Gasteiger partial charge in [-0.15, -0.1) is 0 Å². The molecule has 0 aliphatic heterocycles. The molecule has 1 aromatic heterocycles. The van der Waals surface area contributed by atoms with Gasteiger partial charge in [0.25, 0.3) is 0 Å². The Labute approximate surface area is 91.6 Å². The first-order valence-corrected chi connectivity index (χ1v) is 5.14. The predicted octanol–water partition coefficient (Wildman–Crippen LogP) is 2.78. The minimum Gasteiger partial charge on any atom is -0.325 e. The molecule has 4 heteroatoms. The number of rotatable bonds is 2. The maximum Gasteiger partial charge on any atom is 0.132 e. The van der Waals surface area contributed by atoms with E-state index >= 15 is 0 Å². The fourth-order valence-electron chi connectivity index (χ4n) is 1.08. The van der Waals surface area contributed by atoms with Crippen LogP contribution in [-0.2, 0) is 6.42 Å². The number of nitrogens with zero attached hydrogens (tertiary/aromatic N) is 1. The van der Waals surface area contributed by atoms with Crippen LogP contribution in [-0.4, -0.2) is 10.5 Å². The lowest BCUT2D eigenvalue weighted by molar-refractivity contribution is 0.516. The highest BCUT2D eigenvalue weighted by Gasteiger charge is 2.14. The van der Waals surface area contributed by atoms with Gasteiger partial charge in [-0.25, -0.2) is 4.98 Å².